The van der Waals surface area contributed by atoms with Gasteiger partial charge < -0.3 is 20.3 Å². The van der Waals surface area contributed by atoms with Crippen LogP contribution in [0.2, 0.25) is 0 Å². The summed E-state index contributed by atoms with van der Waals surface area (Å²) in [4.78, 5) is 19.7. The fraction of sp³-hybridized carbons (Fsp3) is 0.417. The molecular formula is C24H31FN4O2. The van der Waals surface area contributed by atoms with Crippen molar-refractivity contribution in [2.24, 2.45) is 4.99 Å². The van der Waals surface area contributed by atoms with Crippen LogP contribution in [0.1, 0.15) is 29.5 Å². The fourth-order valence-corrected chi connectivity index (χ4v) is 3.48. The van der Waals surface area contributed by atoms with Crippen molar-refractivity contribution >= 4 is 11.9 Å². The van der Waals surface area contributed by atoms with E-state index >= 15 is 0 Å². The predicted molar refractivity (Wildman–Crippen MR) is 121 cm³/mol. The molecule has 0 radical (unpaired) electrons. The largest absolute Gasteiger partial charge is 0.378 e. The first kappa shape index (κ1) is 22.7. The molecule has 0 spiro atoms. The molecule has 0 aliphatic carbocycles. The summed E-state index contributed by atoms with van der Waals surface area (Å²) in [5, 5.41) is 6.51. The van der Waals surface area contributed by atoms with Crippen LogP contribution in [-0.2, 0) is 16.1 Å². The van der Waals surface area contributed by atoms with Gasteiger partial charge in [0.1, 0.15) is 5.82 Å². The van der Waals surface area contributed by atoms with E-state index in [1.807, 2.05) is 48.2 Å². The Morgan fingerprint density at radius 2 is 1.90 bits per heavy atom. The Hall–Kier alpha value is -2.93. The van der Waals surface area contributed by atoms with Crippen LogP contribution in [0.3, 0.4) is 0 Å². The van der Waals surface area contributed by atoms with E-state index in [1.54, 1.807) is 13.0 Å². The van der Waals surface area contributed by atoms with Crippen molar-refractivity contribution in [3.63, 3.8) is 0 Å². The number of carbonyl (C=O) groups is 1. The SMILES string of the molecule is CCNC(=NCc1ccc(C)c(F)c1)NCC(C(=O)N1CCOCC1)c1ccccc1. The van der Waals surface area contributed by atoms with E-state index in [1.165, 1.54) is 6.07 Å². The van der Waals surface area contributed by atoms with Gasteiger partial charge in [0.05, 0.1) is 25.7 Å². The summed E-state index contributed by atoms with van der Waals surface area (Å²) >= 11 is 0. The minimum Gasteiger partial charge on any atom is -0.378 e. The maximum Gasteiger partial charge on any atom is 0.232 e. The first-order valence-corrected chi connectivity index (χ1v) is 10.8. The lowest BCUT2D eigenvalue weighted by Crippen LogP contribution is -2.47. The third-order valence-electron chi connectivity index (χ3n) is 5.30. The molecule has 0 bridgehead atoms. The number of halogens is 1. The zero-order chi connectivity index (χ0) is 22.1. The van der Waals surface area contributed by atoms with E-state index in [4.69, 9.17) is 4.74 Å². The number of nitrogens with one attached hydrogen (secondary N) is 2. The van der Waals surface area contributed by atoms with Crippen LogP contribution in [-0.4, -0.2) is 56.2 Å². The number of benzene rings is 2. The molecule has 1 saturated heterocycles. The molecule has 31 heavy (non-hydrogen) atoms. The molecular weight excluding hydrogens is 395 g/mol. The van der Waals surface area contributed by atoms with Crippen LogP contribution in [0.25, 0.3) is 0 Å². The third-order valence-corrected chi connectivity index (χ3v) is 5.30. The second-order valence-electron chi connectivity index (χ2n) is 7.56. The first-order valence-electron chi connectivity index (χ1n) is 10.8. The van der Waals surface area contributed by atoms with Crippen molar-refractivity contribution in [2.75, 3.05) is 39.4 Å². The van der Waals surface area contributed by atoms with Crippen LogP contribution >= 0.6 is 0 Å². The Balaban J connectivity index is 1.72. The standard InChI is InChI=1S/C24H31FN4O2/c1-3-26-24(27-16-19-10-9-18(2)22(25)15-19)28-17-21(20-7-5-4-6-8-20)23(30)29-11-13-31-14-12-29/h4-10,15,21H,3,11-14,16-17H2,1-2H3,(H2,26,27,28). The van der Waals surface area contributed by atoms with Crippen molar-refractivity contribution < 1.29 is 13.9 Å². The molecule has 166 valence electrons. The Bertz CT molecular complexity index is 882. The number of rotatable bonds is 7. The highest BCUT2D eigenvalue weighted by Gasteiger charge is 2.27. The lowest BCUT2D eigenvalue weighted by molar-refractivity contribution is -0.136. The van der Waals surface area contributed by atoms with Crippen molar-refractivity contribution in [2.45, 2.75) is 26.3 Å². The zero-order valence-electron chi connectivity index (χ0n) is 18.2. The summed E-state index contributed by atoms with van der Waals surface area (Å²) in [5.74, 6) is 0.114. The highest BCUT2D eigenvalue weighted by Crippen LogP contribution is 2.19. The molecule has 1 unspecified atom stereocenters. The predicted octanol–water partition coefficient (Wildman–Crippen LogP) is 2.83. The Labute approximate surface area is 183 Å². The molecule has 0 aromatic heterocycles. The number of aliphatic imine (C=N–C) groups is 1. The van der Waals surface area contributed by atoms with E-state index in [0.29, 0.717) is 57.5 Å². The summed E-state index contributed by atoms with van der Waals surface area (Å²) in [5.41, 5.74) is 2.37. The quantitative estimate of drug-likeness (QED) is 0.528. The molecule has 1 atom stereocenters. The summed E-state index contributed by atoms with van der Waals surface area (Å²) in [6, 6.07) is 14.9. The maximum absolute atomic E-state index is 13.8. The number of hydrogen-bond acceptors (Lipinski definition) is 3. The van der Waals surface area contributed by atoms with Gasteiger partial charge in [-0.3, -0.25) is 4.79 Å². The second kappa shape index (κ2) is 11.5. The maximum atomic E-state index is 13.8. The second-order valence-corrected chi connectivity index (χ2v) is 7.56. The monoisotopic (exact) mass is 426 g/mol. The molecule has 7 heteroatoms. The molecule has 2 aromatic rings. The minimum atomic E-state index is -0.333. The van der Waals surface area contributed by atoms with Gasteiger partial charge in [-0.25, -0.2) is 9.38 Å². The van der Waals surface area contributed by atoms with Gasteiger partial charge in [0.25, 0.3) is 0 Å². The highest BCUT2D eigenvalue weighted by molar-refractivity contribution is 5.86. The Morgan fingerprint density at radius 1 is 1.16 bits per heavy atom. The summed E-state index contributed by atoms with van der Waals surface area (Å²) in [7, 11) is 0. The average Bonchev–Trinajstić information content (AvgIpc) is 2.81. The van der Waals surface area contributed by atoms with Gasteiger partial charge in [0.2, 0.25) is 5.91 Å². The molecule has 3 rings (SSSR count). The molecule has 6 nitrogen and oxygen atoms in total. The van der Waals surface area contributed by atoms with E-state index < -0.39 is 0 Å². The molecule has 1 heterocycles. The molecule has 1 aliphatic rings. The summed E-state index contributed by atoms with van der Waals surface area (Å²) in [6.45, 7) is 7.51. The Kier molecular flexibility index (Phi) is 8.41. The first-order chi connectivity index (χ1) is 15.1. The van der Waals surface area contributed by atoms with Gasteiger partial charge >= 0.3 is 0 Å². The van der Waals surface area contributed by atoms with Crippen molar-refractivity contribution in [1.29, 1.82) is 0 Å². The number of amides is 1. The van der Waals surface area contributed by atoms with Crippen LogP contribution in [0.5, 0.6) is 0 Å². The molecule has 2 N–H and O–H groups in total. The molecule has 2 aromatic carbocycles. The smallest absolute Gasteiger partial charge is 0.232 e. The lowest BCUT2D eigenvalue weighted by Gasteiger charge is -2.31. The van der Waals surface area contributed by atoms with E-state index in [0.717, 1.165) is 11.1 Å². The molecule has 1 amide bonds. The number of carbonyl (C=O) groups excluding carboxylic acids is 1. The highest BCUT2D eigenvalue weighted by atomic mass is 19.1. The van der Waals surface area contributed by atoms with Crippen molar-refractivity contribution in [1.82, 2.24) is 15.5 Å². The normalized spacial score (nSPS) is 15.5. The lowest BCUT2D eigenvalue weighted by atomic mass is 9.97. The fourth-order valence-electron chi connectivity index (χ4n) is 3.48. The number of hydrogen-bond donors (Lipinski definition) is 2. The number of aryl methyl sites for hydroxylation is 1. The van der Waals surface area contributed by atoms with Crippen molar-refractivity contribution in [3.8, 4) is 0 Å². The van der Waals surface area contributed by atoms with Gasteiger partial charge in [-0.05, 0) is 36.6 Å². The van der Waals surface area contributed by atoms with Crippen molar-refractivity contribution in [3.05, 3.63) is 71.0 Å². The third kappa shape index (κ3) is 6.52. The van der Waals surface area contributed by atoms with E-state index in [2.05, 4.69) is 15.6 Å². The van der Waals surface area contributed by atoms with Gasteiger partial charge in [-0.2, -0.15) is 0 Å². The summed E-state index contributed by atoms with van der Waals surface area (Å²) in [6.07, 6.45) is 0. The van der Waals surface area contributed by atoms with E-state index in [9.17, 15) is 9.18 Å². The van der Waals surface area contributed by atoms with Crippen LogP contribution in [0.4, 0.5) is 4.39 Å². The number of morpholine rings is 1. The van der Waals surface area contributed by atoms with Gasteiger partial charge in [-0.15, -0.1) is 0 Å². The zero-order valence-corrected chi connectivity index (χ0v) is 18.2. The van der Waals surface area contributed by atoms with Gasteiger partial charge in [0, 0.05) is 26.2 Å². The number of ether oxygens (including phenoxy) is 1. The van der Waals surface area contributed by atoms with E-state index in [-0.39, 0.29) is 17.6 Å². The van der Waals surface area contributed by atoms with Crippen LogP contribution in [0, 0.1) is 12.7 Å². The van der Waals surface area contributed by atoms with Crippen LogP contribution < -0.4 is 10.6 Å². The topological polar surface area (TPSA) is 66.0 Å². The summed E-state index contributed by atoms with van der Waals surface area (Å²) < 4.78 is 19.2. The minimum absolute atomic E-state index is 0.0819. The Morgan fingerprint density at radius 3 is 2.58 bits per heavy atom. The number of nitrogens with zero attached hydrogens (tertiary/aromatic N) is 2. The number of guanidine groups is 1. The molecule has 1 aliphatic heterocycles. The average molecular weight is 427 g/mol. The molecule has 1 fully saturated rings. The van der Waals surface area contributed by atoms with Gasteiger partial charge in [0.15, 0.2) is 5.96 Å². The van der Waals surface area contributed by atoms with Gasteiger partial charge in [-0.1, -0.05) is 42.5 Å². The molecule has 0 saturated carbocycles. The van der Waals surface area contributed by atoms with Crippen LogP contribution in [0.15, 0.2) is 53.5 Å².